The lowest BCUT2D eigenvalue weighted by atomic mass is 9.84. The first-order valence-electron chi connectivity index (χ1n) is 5.75. The predicted molar refractivity (Wildman–Crippen MR) is 68.1 cm³/mol. The number of hydrogen-bond acceptors (Lipinski definition) is 3. The molecule has 0 aliphatic heterocycles. The summed E-state index contributed by atoms with van der Waals surface area (Å²) in [4.78, 5) is 0. The molecule has 0 saturated carbocycles. The van der Waals surface area contributed by atoms with E-state index in [2.05, 4.69) is 5.10 Å². The SMILES string of the molecule is CCn1ncc(Cl)c1C(O)C(OC)C(C)(C)C. The van der Waals surface area contributed by atoms with Gasteiger partial charge in [0.05, 0.1) is 23.0 Å². The molecule has 0 fully saturated rings. The van der Waals surface area contributed by atoms with Crippen molar-refractivity contribution in [2.45, 2.75) is 46.4 Å². The lowest BCUT2D eigenvalue weighted by Gasteiger charge is -2.33. The number of rotatable bonds is 4. The van der Waals surface area contributed by atoms with Crippen molar-refractivity contribution in [1.29, 1.82) is 0 Å². The Morgan fingerprint density at radius 3 is 2.53 bits per heavy atom. The monoisotopic (exact) mass is 260 g/mol. The molecule has 0 aromatic carbocycles. The van der Waals surface area contributed by atoms with E-state index in [9.17, 15) is 5.11 Å². The molecule has 4 nitrogen and oxygen atoms in total. The highest BCUT2D eigenvalue weighted by molar-refractivity contribution is 6.31. The minimum absolute atomic E-state index is 0.180. The molecule has 1 aromatic heterocycles. The fraction of sp³-hybridized carbons (Fsp3) is 0.750. The molecule has 0 saturated heterocycles. The van der Waals surface area contributed by atoms with Crippen LogP contribution in [0, 0.1) is 5.41 Å². The molecule has 0 radical (unpaired) electrons. The van der Waals surface area contributed by atoms with Gasteiger partial charge < -0.3 is 9.84 Å². The summed E-state index contributed by atoms with van der Waals surface area (Å²) in [5.41, 5.74) is 0.441. The maximum atomic E-state index is 10.4. The molecule has 1 N–H and O–H groups in total. The molecule has 98 valence electrons. The Balaban J connectivity index is 3.09. The van der Waals surface area contributed by atoms with Crippen molar-refractivity contribution in [2.75, 3.05) is 7.11 Å². The summed E-state index contributed by atoms with van der Waals surface area (Å²) < 4.78 is 7.10. The summed E-state index contributed by atoms with van der Waals surface area (Å²) in [5.74, 6) is 0. The van der Waals surface area contributed by atoms with Crippen LogP contribution in [0.15, 0.2) is 6.20 Å². The van der Waals surface area contributed by atoms with Crippen LogP contribution in [-0.4, -0.2) is 28.1 Å². The highest BCUT2D eigenvalue weighted by atomic mass is 35.5. The van der Waals surface area contributed by atoms with Crippen molar-refractivity contribution in [3.05, 3.63) is 16.9 Å². The average molecular weight is 261 g/mol. The van der Waals surface area contributed by atoms with Crippen molar-refractivity contribution in [1.82, 2.24) is 9.78 Å². The van der Waals surface area contributed by atoms with E-state index in [1.807, 2.05) is 27.7 Å². The fourth-order valence-electron chi connectivity index (χ4n) is 2.02. The zero-order chi connectivity index (χ0) is 13.2. The zero-order valence-electron chi connectivity index (χ0n) is 11.1. The molecule has 1 heterocycles. The van der Waals surface area contributed by atoms with Crippen LogP contribution in [0.3, 0.4) is 0 Å². The van der Waals surface area contributed by atoms with Gasteiger partial charge in [-0.05, 0) is 12.3 Å². The highest BCUT2D eigenvalue weighted by Gasteiger charge is 2.35. The summed E-state index contributed by atoms with van der Waals surface area (Å²) >= 11 is 6.07. The van der Waals surface area contributed by atoms with E-state index in [1.165, 1.54) is 0 Å². The molecule has 2 unspecified atom stereocenters. The van der Waals surface area contributed by atoms with Gasteiger partial charge in [0.25, 0.3) is 0 Å². The second-order valence-corrected chi connectivity index (χ2v) is 5.57. The molecule has 5 heteroatoms. The molecular weight excluding hydrogens is 240 g/mol. The molecule has 1 rings (SSSR count). The number of halogens is 1. The third-order valence-corrected chi connectivity index (χ3v) is 3.10. The van der Waals surface area contributed by atoms with Crippen molar-refractivity contribution in [3.63, 3.8) is 0 Å². The standard InChI is InChI=1S/C12H21ClN2O2/c1-6-15-9(8(13)7-14-15)10(16)11(17-5)12(2,3)4/h7,10-11,16H,6H2,1-5H3. The molecule has 0 bridgehead atoms. The maximum Gasteiger partial charge on any atom is 0.124 e. The van der Waals surface area contributed by atoms with E-state index in [4.69, 9.17) is 16.3 Å². The molecule has 2 atom stereocenters. The molecule has 0 amide bonds. The summed E-state index contributed by atoms with van der Waals surface area (Å²) in [6.07, 6.45) is 0.441. The van der Waals surface area contributed by atoms with Crippen LogP contribution >= 0.6 is 11.6 Å². The van der Waals surface area contributed by atoms with Gasteiger partial charge in [-0.2, -0.15) is 5.10 Å². The Bertz CT molecular complexity index is 371. The Hall–Kier alpha value is -0.580. The third kappa shape index (κ3) is 3.00. The smallest absolute Gasteiger partial charge is 0.124 e. The van der Waals surface area contributed by atoms with Crippen LogP contribution in [0.1, 0.15) is 39.5 Å². The number of aliphatic hydroxyl groups is 1. The summed E-state index contributed by atoms with van der Waals surface area (Å²) in [6.45, 7) is 8.68. The highest BCUT2D eigenvalue weighted by Crippen LogP contribution is 2.35. The van der Waals surface area contributed by atoms with Gasteiger partial charge in [-0.25, -0.2) is 0 Å². The number of aromatic nitrogens is 2. The number of aliphatic hydroxyl groups excluding tert-OH is 1. The predicted octanol–water partition coefficient (Wildman–Crippen LogP) is 2.65. The van der Waals surface area contributed by atoms with Gasteiger partial charge in [0, 0.05) is 13.7 Å². The van der Waals surface area contributed by atoms with Crippen molar-refractivity contribution in [2.24, 2.45) is 5.41 Å². The zero-order valence-corrected chi connectivity index (χ0v) is 11.8. The molecule has 0 aliphatic rings. The van der Waals surface area contributed by atoms with Gasteiger partial charge in [-0.1, -0.05) is 32.4 Å². The minimum atomic E-state index is -0.782. The van der Waals surface area contributed by atoms with Crippen LogP contribution in [0.2, 0.25) is 5.02 Å². The summed E-state index contributed by atoms with van der Waals surface area (Å²) in [7, 11) is 1.60. The molecular formula is C12H21ClN2O2. The molecule has 17 heavy (non-hydrogen) atoms. The first-order chi connectivity index (χ1) is 7.82. The summed E-state index contributed by atoms with van der Waals surface area (Å²) in [6, 6.07) is 0. The number of nitrogens with zero attached hydrogens (tertiary/aromatic N) is 2. The lowest BCUT2D eigenvalue weighted by Crippen LogP contribution is -2.35. The van der Waals surface area contributed by atoms with Crippen molar-refractivity contribution >= 4 is 11.6 Å². The second-order valence-electron chi connectivity index (χ2n) is 5.16. The van der Waals surface area contributed by atoms with E-state index < -0.39 is 6.10 Å². The fourth-order valence-corrected chi connectivity index (χ4v) is 2.27. The topological polar surface area (TPSA) is 47.3 Å². The molecule has 0 spiro atoms. The van der Waals surface area contributed by atoms with E-state index in [-0.39, 0.29) is 11.5 Å². The number of ether oxygens (including phenoxy) is 1. The molecule has 1 aromatic rings. The maximum absolute atomic E-state index is 10.4. The van der Waals surface area contributed by atoms with E-state index >= 15 is 0 Å². The third-order valence-electron chi connectivity index (χ3n) is 2.81. The quantitative estimate of drug-likeness (QED) is 0.905. The normalized spacial score (nSPS) is 15.9. The van der Waals surface area contributed by atoms with Crippen LogP contribution in [0.5, 0.6) is 0 Å². The van der Waals surface area contributed by atoms with E-state index in [0.717, 1.165) is 0 Å². The van der Waals surface area contributed by atoms with Gasteiger partial charge in [-0.15, -0.1) is 0 Å². The van der Waals surface area contributed by atoms with Gasteiger partial charge in [0.1, 0.15) is 6.10 Å². The van der Waals surface area contributed by atoms with Crippen LogP contribution in [0.25, 0.3) is 0 Å². The van der Waals surface area contributed by atoms with Gasteiger partial charge >= 0.3 is 0 Å². The first-order valence-corrected chi connectivity index (χ1v) is 6.12. The van der Waals surface area contributed by atoms with Crippen molar-refractivity contribution < 1.29 is 9.84 Å². The van der Waals surface area contributed by atoms with Crippen molar-refractivity contribution in [3.8, 4) is 0 Å². The van der Waals surface area contributed by atoms with Gasteiger partial charge in [0.15, 0.2) is 0 Å². The Kier molecular flexibility index (Phi) is 4.58. The number of hydrogen-bond donors (Lipinski definition) is 1. The van der Waals surface area contributed by atoms with Crippen LogP contribution < -0.4 is 0 Å². The largest absolute Gasteiger partial charge is 0.384 e. The Morgan fingerprint density at radius 2 is 2.12 bits per heavy atom. The summed E-state index contributed by atoms with van der Waals surface area (Å²) in [5, 5.41) is 15.0. The van der Waals surface area contributed by atoms with E-state index in [1.54, 1.807) is 18.0 Å². The Morgan fingerprint density at radius 1 is 1.53 bits per heavy atom. The number of aryl methyl sites for hydroxylation is 1. The Labute approximate surface area is 108 Å². The van der Waals surface area contributed by atoms with E-state index in [0.29, 0.717) is 17.3 Å². The van der Waals surface area contributed by atoms with Gasteiger partial charge in [0.2, 0.25) is 0 Å². The lowest BCUT2D eigenvalue weighted by molar-refractivity contribution is -0.0754. The minimum Gasteiger partial charge on any atom is -0.384 e. The number of methoxy groups -OCH3 is 1. The second kappa shape index (κ2) is 5.38. The van der Waals surface area contributed by atoms with Crippen LogP contribution in [-0.2, 0) is 11.3 Å². The van der Waals surface area contributed by atoms with Gasteiger partial charge in [-0.3, -0.25) is 4.68 Å². The average Bonchev–Trinajstić information content (AvgIpc) is 2.58. The van der Waals surface area contributed by atoms with Crippen LogP contribution in [0.4, 0.5) is 0 Å². The molecule has 0 aliphatic carbocycles. The first kappa shape index (κ1) is 14.5.